The topological polar surface area (TPSA) is 99.7 Å². The Morgan fingerprint density at radius 1 is 1.15 bits per heavy atom. The SMILES string of the molecule is N[C@H]1C[C@@H](N2Cc3cn(S(=O)(=O)C4COC4)nc3C2)[C@H](C(F)(F)F)O[C@@H]1c1cc(F)ccc1F. The number of nitrogens with two attached hydrogens (primary N) is 1. The van der Waals surface area contributed by atoms with Crippen LogP contribution in [0.25, 0.3) is 0 Å². The molecule has 0 aliphatic carbocycles. The normalized spacial score (nSPS) is 28.6. The molecule has 8 nitrogen and oxygen atoms in total. The summed E-state index contributed by atoms with van der Waals surface area (Å²) in [4.78, 5) is 1.47. The molecule has 34 heavy (non-hydrogen) atoms. The number of rotatable bonds is 4. The van der Waals surface area contributed by atoms with Gasteiger partial charge in [0.1, 0.15) is 23.0 Å². The summed E-state index contributed by atoms with van der Waals surface area (Å²) in [6, 6.07) is 0.206. The van der Waals surface area contributed by atoms with Gasteiger partial charge in [0.05, 0.1) is 18.9 Å². The maximum absolute atomic E-state index is 14.2. The summed E-state index contributed by atoms with van der Waals surface area (Å²) in [7, 11) is -3.74. The van der Waals surface area contributed by atoms with Gasteiger partial charge in [-0.2, -0.15) is 22.4 Å². The van der Waals surface area contributed by atoms with Crippen molar-refractivity contribution in [3.8, 4) is 0 Å². The maximum atomic E-state index is 14.2. The summed E-state index contributed by atoms with van der Waals surface area (Å²) in [6.07, 6.45) is -7.50. The van der Waals surface area contributed by atoms with Gasteiger partial charge >= 0.3 is 6.18 Å². The van der Waals surface area contributed by atoms with Crippen molar-refractivity contribution in [2.75, 3.05) is 13.2 Å². The first-order chi connectivity index (χ1) is 15.9. The van der Waals surface area contributed by atoms with Gasteiger partial charge in [0.25, 0.3) is 10.0 Å². The number of fused-ring (bicyclic) bond motifs is 1. The first-order valence-electron chi connectivity index (χ1n) is 10.5. The molecular weight excluding hydrogens is 487 g/mol. The van der Waals surface area contributed by atoms with E-state index >= 15 is 0 Å². The third-order valence-electron chi connectivity index (χ3n) is 6.47. The number of benzene rings is 1. The molecule has 4 atom stereocenters. The van der Waals surface area contributed by atoms with E-state index in [-0.39, 0.29) is 38.3 Å². The molecule has 5 rings (SSSR count). The van der Waals surface area contributed by atoms with Gasteiger partial charge in [-0.15, -0.1) is 0 Å². The molecule has 0 spiro atoms. The number of ether oxygens (including phenoxy) is 2. The highest BCUT2D eigenvalue weighted by Crippen LogP contribution is 2.42. The van der Waals surface area contributed by atoms with Crippen molar-refractivity contribution in [3.63, 3.8) is 0 Å². The average molecular weight is 508 g/mol. The quantitative estimate of drug-likeness (QED) is 0.630. The minimum Gasteiger partial charge on any atom is -0.378 e. The fraction of sp³-hybridized carbons (Fsp3) is 0.550. The molecule has 0 radical (unpaired) electrons. The van der Waals surface area contributed by atoms with Gasteiger partial charge in [0.15, 0.2) is 6.10 Å². The van der Waals surface area contributed by atoms with Gasteiger partial charge in [0.2, 0.25) is 0 Å². The summed E-state index contributed by atoms with van der Waals surface area (Å²) in [5.74, 6) is -1.72. The molecule has 14 heteroatoms. The number of halogens is 5. The van der Waals surface area contributed by atoms with E-state index in [0.717, 1.165) is 22.3 Å². The highest BCUT2D eigenvalue weighted by atomic mass is 32.2. The molecule has 3 aliphatic rings. The Morgan fingerprint density at radius 3 is 2.50 bits per heavy atom. The molecule has 2 aromatic rings. The second-order valence-electron chi connectivity index (χ2n) is 8.73. The predicted octanol–water partition coefficient (Wildman–Crippen LogP) is 1.84. The Bertz CT molecular complexity index is 1180. The molecule has 1 aromatic heterocycles. The van der Waals surface area contributed by atoms with Crippen LogP contribution in [0.5, 0.6) is 0 Å². The summed E-state index contributed by atoms with van der Waals surface area (Å²) in [6.45, 7) is 0.108. The highest BCUT2D eigenvalue weighted by Gasteiger charge is 2.54. The van der Waals surface area contributed by atoms with Crippen molar-refractivity contribution >= 4 is 10.0 Å². The monoisotopic (exact) mass is 508 g/mol. The zero-order valence-electron chi connectivity index (χ0n) is 17.6. The van der Waals surface area contributed by atoms with Gasteiger partial charge in [0, 0.05) is 42.5 Å². The number of aromatic nitrogens is 2. The summed E-state index contributed by atoms with van der Waals surface area (Å²) in [5, 5.41) is 3.38. The first kappa shape index (κ1) is 23.6. The Balaban J connectivity index is 1.37. The Morgan fingerprint density at radius 2 is 1.88 bits per heavy atom. The second kappa shape index (κ2) is 8.22. The first-order valence-corrected chi connectivity index (χ1v) is 12.0. The van der Waals surface area contributed by atoms with Crippen LogP contribution in [0, 0.1) is 11.6 Å². The van der Waals surface area contributed by atoms with E-state index in [1.165, 1.54) is 11.1 Å². The van der Waals surface area contributed by atoms with Crippen molar-refractivity contribution in [1.29, 1.82) is 0 Å². The molecule has 4 heterocycles. The lowest BCUT2D eigenvalue weighted by Gasteiger charge is -2.44. The van der Waals surface area contributed by atoms with Crippen molar-refractivity contribution in [1.82, 2.24) is 14.1 Å². The van der Waals surface area contributed by atoms with Gasteiger partial charge in [-0.1, -0.05) is 0 Å². The van der Waals surface area contributed by atoms with E-state index in [1.807, 2.05) is 0 Å². The summed E-state index contributed by atoms with van der Waals surface area (Å²) < 4.78 is 106. The summed E-state index contributed by atoms with van der Waals surface area (Å²) in [5.41, 5.74) is 6.55. The number of hydrogen-bond acceptors (Lipinski definition) is 7. The van der Waals surface area contributed by atoms with Crippen LogP contribution in [0.1, 0.15) is 29.3 Å². The van der Waals surface area contributed by atoms with E-state index < -0.39 is 57.4 Å². The zero-order chi connectivity index (χ0) is 24.4. The molecule has 3 aliphatic heterocycles. The lowest BCUT2D eigenvalue weighted by atomic mass is 9.89. The van der Waals surface area contributed by atoms with E-state index in [0.29, 0.717) is 11.3 Å². The van der Waals surface area contributed by atoms with Crippen molar-refractivity contribution < 1.29 is 39.8 Å². The van der Waals surface area contributed by atoms with Crippen LogP contribution in [0.4, 0.5) is 22.0 Å². The lowest BCUT2D eigenvalue weighted by molar-refractivity contribution is -0.269. The van der Waals surface area contributed by atoms with E-state index in [9.17, 15) is 30.4 Å². The lowest BCUT2D eigenvalue weighted by Crippen LogP contribution is -2.58. The molecular formula is C20H21F5N4O4S. The van der Waals surface area contributed by atoms with Crippen LogP contribution in [-0.4, -0.2) is 65.3 Å². The predicted molar refractivity (Wildman–Crippen MR) is 107 cm³/mol. The van der Waals surface area contributed by atoms with Gasteiger partial charge < -0.3 is 15.2 Å². The van der Waals surface area contributed by atoms with Crippen LogP contribution in [0.2, 0.25) is 0 Å². The standard InChI is InChI=1S/C20H21F5N4O4S/c21-11-1-2-14(22)13(3-11)18-15(26)4-17(19(33-18)20(23,24)25)28-5-10-6-29(27-16(10)7-28)34(30,31)12-8-32-9-12/h1-3,6,12,15,17-19H,4-5,7-9,26H2/t15-,17+,18+,19+/m0/s1. The van der Waals surface area contributed by atoms with Gasteiger partial charge in [-0.05, 0) is 24.6 Å². The Kier molecular flexibility index (Phi) is 5.71. The van der Waals surface area contributed by atoms with E-state index in [4.69, 9.17) is 15.2 Å². The Hall–Kier alpha value is -2.13. The minimum atomic E-state index is -4.81. The molecule has 1 aromatic carbocycles. The molecule has 186 valence electrons. The maximum Gasteiger partial charge on any atom is 0.416 e. The smallest absolute Gasteiger partial charge is 0.378 e. The molecule has 2 fully saturated rings. The average Bonchev–Trinajstić information content (AvgIpc) is 3.27. The molecule has 0 unspecified atom stereocenters. The van der Waals surface area contributed by atoms with Crippen molar-refractivity contribution in [2.24, 2.45) is 5.73 Å². The molecule has 0 saturated carbocycles. The molecule has 2 N–H and O–H groups in total. The van der Waals surface area contributed by atoms with Crippen LogP contribution in [-0.2, 0) is 32.6 Å². The van der Waals surface area contributed by atoms with Crippen molar-refractivity contribution in [3.05, 3.63) is 52.9 Å². The van der Waals surface area contributed by atoms with Crippen LogP contribution in [0.3, 0.4) is 0 Å². The number of hydrogen-bond donors (Lipinski definition) is 1. The van der Waals surface area contributed by atoms with E-state index in [2.05, 4.69) is 5.10 Å². The number of nitrogens with zero attached hydrogens (tertiary/aromatic N) is 3. The van der Waals surface area contributed by atoms with Crippen molar-refractivity contribution in [2.45, 2.75) is 55.2 Å². The highest BCUT2D eigenvalue weighted by molar-refractivity contribution is 7.90. The third kappa shape index (κ3) is 4.00. The minimum absolute atomic E-state index is 0.0122. The van der Waals surface area contributed by atoms with Gasteiger partial charge in [-0.25, -0.2) is 17.2 Å². The molecule has 2 saturated heterocycles. The number of alkyl halides is 3. The molecule has 0 amide bonds. The van der Waals surface area contributed by atoms with Gasteiger partial charge in [-0.3, -0.25) is 4.90 Å². The van der Waals surface area contributed by atoms with E-state index in [1.54, 1.807) is 0 Å². The fourth-order valence-electron chi connectivity index (χ4n) is 4.60. The summed E-state index contributed by atoms with van der Waals surface area (Å²) >= 11 is 0. The largest absolute Gasteiger partial charge is 0.416 e. The van der Waals surface area contributed by atoms with Crippen LogP contribution < -0.4 is 5.73 Å². The zero-order valence-corrected chi connectivity index (χ0v) is 18.4. The fourth-order valence-corrected chi connectivity index (χ4v) is 5.93. The Labute approximate surface area is 191 Å². The van der Waals surface area contributed by atoms with Crippen LogP contribution in [0.15, 0.2) is 24.4 Å². The molecule has 0 bridgehead atoms. The third-order valence-corrected chi connectivity index (χ3v) is 8.30. The van der Waals surface area contributed by atoms with Crippen LogP contribution >= 0.6 is 0 Å². The second-order valence-corrected chi connectivity index (χ2v) is 10.8.